The van der Waals surface area contributed by atoms with Crippen LogP contribution in [0.5, 0.6) is 5.75 Å². The van der Waals surface area contributed by atoms with Crippen molar-refractivity contribution in [1.82, 2.24) is 10.3 Å². The van der Waals surface area contributed by atoms with E-state index in [1.165, 1.54) is 6.07 Å². The van der Waals surface area contributed by atoms with E-state index in [4.69, 9.17) is 4.74 Å². The zero-order valence-electron chi connectivity index (χ0n) is 18.7. The number of carbonyl (C=O) groups excluding carboxylic acids is 1. The molecule has 0 saturated carbocycles. The number of piperazine rings is 1. The lowest BCUT2D eigenvalue weighted by Crippen LogP contribution is -2.46. The molecule has 166 valence electrons. The van der Waals surface area contributed by atoms with Crippen LogP contribution in [-0.4, -0.2) is 55.8 Å². The Morgan fingerprint density at radius 2 is 1.77 bits per heavy atom. The molecule has 0 aromatic heterocycles. The third-order valence-corrected chi connectivity index (χ3v) is 5.44. The maximum Gasteiger partial charge on any atom is 0.277 e. The Labute approximate surface area is 183 Å². The maximum absolute atomic E-state index is 14.7. The van der Waals surface area contributed by atoms with E-state index in [1.54, 1.807) is 13.0 Å². The predicted molar refractivity (Wildman–Crippen MR) is 122 cm³/mol. The van der Waals surface area contributed by atoms with Crippen LogP contribution in [0.4, 0.5) is 10.1 Å². The zero-order valence-corrected chi connectivity index (χ0v) is 18.7. The minimum atomic E-state index is -0.371. The van der Waals surface area contributed by atoms with Crippen LogP contribution in [0.1, 0.15) is 30.5 Å². The number of carbonyl (C=O) groups is 1. The van der Waals surface area contributed by atoms with Crippen LogP contribution in [0.3, 0.4) is 0 Å². The number of halogens is 1. The summed E-state index contributed by atoms with van der Waals surface area (Å²) in [5.41, 5.74) is 6.38. The van der Waals surface area contributed by atoms with Crippen molar-refractivity contribution in [1.29, 1.82) is 0 Å². The van der Waals surface area contributed by atoms with Crippen molar-refractivity contribution in [3.8, 4) is 5.75 Å². The molecular weight excluding hydrogens is 395 g/mol. The topological polar surface area (TPSA) is 57.2 Å². The van der Waals surface area contributed by atoms with Crippen LogP contribution < -0.4 is 15.1 Å². The highest BCUT2D eigenvalue weighted by Gasteiger charge is 2.19. The quantitative estimate of drug-likeness (QED) is 0.544. The van der Waals surface area contributed by atoms with Gasteiger partial charge in [-0.15, -0.1) is 0 Å². The Kier molecular flexibility index (Phi) is 7.63. The van der Waals surface area contributed by atoms with Crippen molar-refractivity contribution < 1.29 is 13.9 Å². The molecule has 0 aliphatic carbocycles. The summed E-state index contributed by atoms with van der Waals surface area (Å²) >= 11 is 0. The van der Waals surface area contributed by atoms with Gasteiger partial charge in [-0.1, -0.05) is 19.1 Å². The van der Waals surface area contributed by atoms with Crippen LogP contribution in [0, 0.1) is 19.7 Å². The molecule has 0 bridgehead atoms. The van der Waals surface area contributed by atoms with Gasteiger partial charge in [0.05, 0.1) is 11.4 Å². The number of likely N-dealkylation sites (N-methyl/N-ethyl adjacent to an activating group) is 1. The smallest absolute Gasteiger partial charge is 0.277 e. The lowest BCUT2D eigenvalue weighted by Gasteiger charge is -2.35. The van der Waals surface area contributed by atoms with Gasteiger partial charge < -0.3 is 14.5 Å². The second kappa shape index (κ2) is 10.4. The van der Waals surface area contributed by atoms with Gasteiger partial charge in [-0.05, 0) is 62.7 Å². The molecule has 7 heteroatoms. The van der Waals surface area contributed by atoms with Crippen LogP contribution in [0.15, 0.2) is 41.5 Å². The average molecular weight is 427 g/mol. The number of nitrogens with zero attached hydrogens (tertiary/aromatic N) is 3. The van der Waals surface area contributed by atoms with E-state index < -0.39 is 0 Å². The Bertz CT molecular complexity index is 932. The summed E-state index contributed by atoms with van der Waals surface area (Å²) in [6.07, 6.45) is 0. The molecule has 1 saturated heterocycles. The lowest BCUT2D eigenvalue weighted by molar-refractivity contribution is -0.123. The fourth-order valence-corrected chi connectivity index (χ4v) is 3.70. The summed E-state index contributed by atoms with van der Waals surface area (Å²) in [5, 5.41) is 4.10. The summed E-state index contributed by atoms with van der Waals surface area (Å²) in [6, 6.07) is 10.9. The molecular formula is C24H31FN4O2. The second-order valence-corrected chi connectivity index (χ2v) is 7.93. The summed E-state index contributed by atoms with van der Waals surface area (Å²) in [5.74, 6) is -0.00310. The number of anilines is 1. The Morgan fingerprint density at radius 1 is 1.10 bits per heavy atom. The molecule has 31 heavy (non-hydrogen) atoms. The van der Waals surface area contributed by atoms with Crippen LogP contribution >= 0.6 is 0 Å². The SMILES string of the molecule is CCN1CCN(c2ccc(/C(C)=N\NC(=O)COc3cc(C)cc(C)c3)cc2F)CC1. The molecule has 2 aromatic carbocycles. The summed E-state index contributed by atoms with van der Waals surface area (Å²) in [4.78, 5) is 16.5. The van der Waals surface area contributed by atoms with Gasteiger partial charge in [-0.2, -0.15) is 5.10 Å². The first-order valence-corrected chi connectivity index (χ1v) is 10.7. The number of benzene rings is 2. The molecule has 6 nitrogen and oxygen atoms in total. The maximum atomic E-state index is 14.7. The molecule has 3 rings (SSSR count). The monoisotopic (exact) mass is 426 g/mol. The van der Waals surface area contributed by atoms with Crippen molar-refractivity contribution in [2.24, 2.45) is 5.10 Å². The third kappa shape index (κ3) is 6.28. The second-order valence-electron chi connectivity index (χ2n) is 7.93. The van der Waals surface area contributed by atoms with E-state index >= 15 is 0 Å². The van der Waals surface area contributed by atoms with Crippen molar-refractivity contribution in [2.45, 2.75) is 27.7 Å². The highest BCUT2D eigenvalue weighted by Crippen LogP contribution is 2.22. The molecule has 0 unspecified atom stereocenters. The van der Waals surface area contributed by atoms with Gasteiger partial charge in [-0.25, -0.2) is 9.82 Å². The Hall–Kier alpha value is -2.93. The van der Waals surface area contributed by atoms with Crippen molar-refractivity contribution >= 4 is 17.3 Å². The number of hydrazone groups is 1. The molecule has 1 fully saturated rings. The van der Waals surface area contributed by atoms with E-state index in [0.717, 1.165) is 43.9 Å². The molecule has 0 spiro atoms. The fraction of sp³-hybridized carbons (Fsp3) is 0.417. The van der Waals surface area contributed by atoms with Gasteiger partial charge in [0.15, 0.2) is 6.61 Å². The standard InChI is InChI=1S/C24H31FN4O2/c1-5-28-8-10-29(11-9-28)23-7-6-20(15-22(23)25)19(4)26-27-24(30)16-31-21-13-17(2)12-18(3)14-21/h6-7,12-15H,5,8-11,16H2,1-4H3,(H,27,30)/b26-19-. The molecule has 1 amide bonds. The van der Waals surface area contributed by atoms with Gasteiger partial charge in [0.2, 0.25) is 0 Å². The van der Waals surface area contributed by atoms with Crippen LogP contribution in [0.25, 0.3) is 0 Å². The number of ether oxygens (including phenoxy) is 1. The minimum absolute atomic E-state index is 0.142. The van der Waals surface area contributed by atoms with E-state index in [-0.39, 0.29) is 18.3 Å². The number of hydrogen-bond donors (Lipinski definition) is 1. The number of hydrogen-bond acceptors (Lipinski definition) is 5. The highest BCUT2D eigenvalue weighted by atomic mass is 19.1. The highest BCUT2D eigenvalue weighted by molar-refractivity contribution is 5.99. The van der Waals surface area contributed by atoms with Gasteiger partial charge in [0.1, 0.15) is 11.6 Å². The summed E-state index contributed by atoms with van der Waals surface area (Å²) in [6.45, 7) is 12.2. The number of amides is 1. The van der Waals surface area contributed by atoms with Gasteiger partial charge in [0, 0.05) is 31.7 Å². The number of rotatable bonds is 7. The van der Waals surface area contributed by atoms with Crippen LogP contribution in [-0.2, 0) is 4.79 Å². The summed E-state index contributed by atoms with van der Waals surface area (Å²) < 4.78 is 20.3. The minimum Gasteiger partial charge on any atom is -0.484 e. The number of nitrogens with one attached hydrogen (secondary N) is 1. The van der Waals surface area contributed by atoms with Crippen LogP contribution in [0.2, 0.25) is 0 Å². The molecule has 1 heterocycles. The van der Waals surface area contributed by atoms with E-state index in [1.807, 2.05) is 38.1 Å². The van der Waals surface area contributed by atoms with E-state index in [9.17, 15) is 9.18 Å². The molecule has 0 atom stereocenters. The predicted octanol–water partition coefficient (Wildman–Crippen LogP) is 3.50. The summed E-state index contributed by atoms with van der Waals surface area (Å²) in [7, 11) is 0. The van der Waals surface area contributed by atoms with Crippen molar-refractivity contribution in [2.75, 3.05) is 44.2 Å². The van der Waals surface area contributed by atoms with Crippen molar-refractivity contribution in [3.05, 3.63) is 58.9 Å². The molecule has 1 N–H and O–H groups in total. The fourth-order valence-electron chi connectivity index (χ4n) is 3.70. The van der Waals surface area contributed by atoms with E-state index in [2.05, 4.69) is 27.3 Å². The first kappa shape index (κ1) is 22.7. The number of aryl methyl sites for hydroxylation is 2. The van der Waals surface area contributed by atoms with Gasteiger partial charge in [-0.3, -0.25) is 4.79 Å². The molecule has 2 aromatic rings. The molecule has 0 radical (unpaired) electrons. The first-order chi connectivity index (χ1) is 14.9. The largest absolute Gasteiger partial charge is 0.484 e. The zero-order chi connectivity index (χ0) is 22.4. The lowest BCUT2D eigenvalue weighted by atomic mass is 10.1. The van der Waals surface area contributed by atoms with E-state index in [0.29, 0.717) is 22.7 Å². The normalized spacial score (nSPS) is 15.1. The Balaban J connectivity index is 1.56. The third-order valence-electron chi connectivity index (χ3n) is 5.44. The van der Waals surface area contributed by atoms with Gasteiger partial charge >= 0.3 is 0 Å². The average Bonchev–Trinajstić information content (AvgIpc) is 2.75. The van der Waals surface area contributed by atoms with Crippen molar-refractivity contribution in [3.63, 3.8) is 0 Å². The Morgan fingerprint density at radius 3 is 2.39 bits per heavy atom. The molecule has 1 aliphatic rings. The first-order valence-electron chi connectivity index (χ1n) is 10.7. The van der Waals surface area contributed by atoms with Gasteiger partial charge in [0.25, 0.3) is 5.91 Å². The molecule has 1 aliphatic heterocycles.